The number of likely N-dealkylation sites (tertiary alicyclic amines) is 1. The van der Waals surface area contributed by atoms with E-state index in [2.05, 4.69) is 58.0 Å². The smallest absolute Gasteiger partial charge is 0.226 e. The van der Waals surface area contributed by atoms with Crippen LogP contribution in [0.25, 0.3) is 11.1 Å². The molecule has 0 aliphatic carbocycles. The second-order valence-electron chi connectivity index (χ2n) is 9.43. The molecule has 2 fully saturated rings. The number of rotatable bonds is 7. The van der Waals surface area contributed by atoms with Gasteiger partial charge in [0.25, 0.3) is 0 Å². The average molecular weight is 436 g/mol. The zero-order valence-corrected chi connectivity index (χ0v) is 19.5. The van der Waals surface area contributed by atoms with Crippen LogP contribution in [0.3, 0.4) is 0 Å². The van der Waals surface area contributed by atoms with Crippen LogP contribution in [0, 0.1) is 11.3 Å². The van der Waals surface area contributed by atoms with Gasteiger partial charge >= 0.3 is 0 Å². The molecule has 5 heteroatoms. The summed E-state index contributed by atoms with van der Waals surface area (Å²) >= 11 is 0. The number of amides is 1. The van der Waals surface area contributed by atoms with E-state index in [1.165, 1.54) is 29.5 Å². The largest absolute Gasteiger partial charge is 0.496 e. The predicted molar refractivity (Wildman–Crippen MR) is 130 cm³/mol. The molecule has 172 valence electrons. The van der Waals surface area contributed by atoms with Crippen LogP contribution in [-0.4, -0.2) is 51.1 Å². The number of benzene rings is 2. The number of carbonyl (C=O) groups excluding carboxylic acids is 1. The highest BCUT2D eigenvalue weighted by Crippen LogP contribution is 2.41. The van der Waals surface area contributed by atoms with Crippen molar-refractivity contribution in [2.24, 2.45) is 11.3 Å². The van der Waals surface area contributed by atoms with Crippen molar-refractivity contribution in [3.8, 4) is 16.9 Å². The minimum absolute atomic E-state index is 0.219. The first-order chi connectivity index (χ1) is 15.6. The van der Waals surface area contributed by atoms with Crippen molar-refractivity contribution in [2.45, 2.75) is 38.6 Å². The molecule has 2 aliphatic rings. The molecule has 2 aromatic carbocycles. The maximum absolute atomic E-state index is 13.0. The Bertz CT molecular complexity index is 885. The van der Waals surface area contributed by atoms with E-state index in [1.54, 1.807) is 14.2 Å². The molecule has 0 aromatic heterocycles. The lowest BCUT2D eigenvalue weighted by atomic mass is 9.69. The first-order valence-electron chi connectivity index (χ1n) is 12.0. The Labute approximate surface area is 192 Å². The van der Waals surface area contributed by atoms with Gasteiger partial charge in [-0.2, -0.15) is 0 Å². The van der Waals surface area contributed by atoms with Gasteiger partial charge in [-0.1, -0.05) is 36.4 Å². The number of hydrogen-bond donors (Lipinski definition) is 2. The van der Waals surface area contributed by atoms with Crippen LogP contribution in [0.4, 0.5) is 0 Å². The van der Waals surface area contributed by atoms with E-state index in [9.17, 15) is 4.79 Å². The number of nitrogens with zero attached hydrogens (tertiary/aromatic N) is 1. The zero-order chi connectivity index (χ0) is 22.4. The van der Waals surface area contributed by atoms with Gasteiger partial charge in [0.2, 0.25) is 5.91 Å². The van der Waals surface area contributed by atoms with Crippen LogP contribution in [0.2, 0.25) is 0 Å². The van der Waals surface area contributed by atoms with E-state index in [4.69, 9.17) is 4.74 Å². The highest BCUT2D eigenvalue weighted by molar-refractivity contribution is 5.82. The van der Waals surface area contributed by atoms with Gasteiger partial charge in [-0.25, -0.2) is 0 Å². The van der Waals surface area contributed by atoms with Gasteiger partial charge in [-0.3, -0.25) is 9.69 Å². The second kappa shape index (κ2) is 10.5. The summed E-state index contributed by atoms with van der Waals surface area (Å²) in [6.45, 7) is 4.89. The van der Waals surface area contributed by atoms with Gasteiger partial charge in [-0.05, 0) is 87.5 Å². The number of nitrogens with one attached hydrogen (secondary N) is 2. The minimum atomic E-state index is -0.219. The van der Waals surface area contributed by atoms with Crippen molar-refractivity contribution in [1.29, 1.82) is 0 Å². The first-order valence-corrected chi connectivity index (χ1v) is 12.0. The number of piperidine rings is 2. The molecule has 0 radical (unpaired) electrons. The highest BCUT2D eigenvalue weighted by Gasteiger charge is 2.42. The van der Waals surface area contributed by atoms with E-state index in [-0.39, 0.29) is 11.3 Å². The molecule has 1 amide bonds. The molecule has 0 unspecified atom stereocenters. The maximum Gasteiger partial charge on any atom is 0.226 e. The molecule has 2 aromatic rings. The van der Waals surface area contributed by atoms with E-state index in [1.807, 2.05) is 6.07 Å². The summed E-state index contributed by atoms with van der Waals surface area (Å²) in [5.41, 5.74) is 3.42. The van der Waals surface area contributed by atoms with E-state index >= 15 is 0 Å². The van der Waals surface area contributed by atoms with Gasteiger partial charge < -0.3 is 15.4 Å². The Morgan fingerprint density at radius 1 is 1.09 bits per heavy atom. The van der Waals surface area contributed by atoms with Crippen LogP contribution in [0.5, 0.6) is 5.75 Å². The zero-order valence-electron chi connectivity index (χ0n) is 19.5. The van der Waals surface area contributed by atoms with Crippen molar-refractivity contribution in [2.75, 3.05) is 40.3 Å². The Hall–Kier alpha value is -2.37. The van der Waals surface area contributed by atoms with Crippen LogP contribution < -0.4 is 15.4 Å². The van der Waals surface area contributed by atoms with Crippen molar-refractivity contribution in [3.05, 3.63) is 54.1 Å². The second-order valence-corrected chi connectivity index (χ2v) is 9.43. The van der Waals surface area contributed by atoms with Gasteiger partial charge in [0.1, 0.15) is 5.75 Å². The van der Waals surface area contributed by atoms with Crippen LogP contribution in [0.1, 0.15) is 37.7 Å². The monoisotopic (exact) mass is 435 g/mol. The molecular weight excluding hydrogens is 398 g/mol. The third-order valence-corrected chi connectivity index (χ3v) is 7.44. The Balaban J connectivity index is 1.46. The molecule has 2 heterocycles. The van der Waals surface area contributed by atoms with Crippen LogP contribution in [-0.2, 0) is 11.3 Å². The summed E-state index contributed by atoms with van der Waals surface area (Å²) in [5.74, 6) is 1.82. The summed E-state index contributed by atoms with van der Waals surface area (Å²) in [6, 6.07) is 16.9. The topological polar surface area (TPSA) is 53.6 Å². The molecule has 0 spiro atoms. The van der Waals surface area contributed by atoms with Crippen LogP contribution >= 0.6 is 0 Å². The molecule has 0 atom stereocenters. The average Bonchev–Trinajstić information content (AvgIpc) is 2.86. The van der Waals surface area contributed by atoms with Crippen molar-refractivity contribution < 1.29 is 9.53 Å². The van der Waals surface area contributed by atoms with Gasteiger partial charge in [0, 0.05) is 19.2 Å². The maximum atomic E-state index is 13.0. The van der Waals surface area contributed by atoms with Crippen molar-refractivity contribution in [3.63, 3.8) is 0 Å². The molecule has 2 saturated heterocycles. The number of methoxy groups -OCH3 is 1. The van der Waals surface area contributed by atoms with E-state index in [0.29, 0.717) is 5.92 Å². The fourth-order valence-electron chi connectivity index (χ4n) is 5.52. The lowest BCUT2D eigenvalue weighted by Crippen LogP contribution is -2.49. The van der Waals surface area contributed by atoms with Crippen molar-refractivity contribution in [1.82, 2.24) is 15.5 Å². The minimum Gasteiger partial charge on any atom is -0.496 e. The molecule has 5 nitrogen and oxygen atoms in total. The third kappa shape index (κ3) is 5.16. The van der Waals surface area contributed by atoms with E-state index < -0.39 is 0 Å². The normalized spacial score (nSPS) is 19.4. The molecule has 0 saturated carbocycles. The Morgan fingerprint density at radius 2 is 1.81 bits per heavy atom. The summed E-state index contributed by atoms with van der Waals surface area (Å²) in [6.07, 6.45) is 5.25. The standard InChI is InChI=1S/C27H37N3O2/c1-28-26(31)27(19-21-10-14-29-15-11-21)12-16-30(17-13-27)20-24-18-23(8-9-25(24)32-2)22-6-4-3-5-7-22/h3-9,18,21,29H,10-17,19-20H2,1-2H3,(H,28,31). The number of hydrogen-bond acceptors (Lipinski definition) is 4. The Kier molecular flexibility index (Phi) is 7.48. The number of carbonyl (C=O) groups is 1. The van der Waals surface area contributed by atoms with Gasteiger partial charge in [-0.15, -0.1) is 0 Å². The lowest BCUT2D eigenvalue weighted by molar-refractivity contribution is -0.135. The number of ether oxygens (including phenoxy) is 1. The third-order valence-electron chi connectivity index (χ3n) is 7.44. The lowest BCUT2D eigenvalue weighted by Gasteiger charge is -2.43. The molecule has 2 N–H and O–H groups in total. The summed E-state index contributed by atoms with van der Waals surface area (Å²) in [4.78, 5) is 15.4. The summed E-state index contributed by atoms with van der Waals surface area (Å²) < 4.78 is 5.68. The fourth-order valence-corrected chi connectivity index (χ4v) is 5.52. The molecular formula is C27H37N3O2. The summed E-state index contributed by atoms with van der Waals surface area (Å²) in [5, 5.41) is 6.43. The molecule has 2 aliphatic heterocycles. The summed E-state index contributed by atoms with van der Waals surface area (Å²) in [7, 11) is 3.53. The van der Waals surface area contributed by atoms with Gasteiger partial charge in [0.05, 0.1) is 12.5 Å². The molecule has 4 rings (SSSR count). The Morgan fingerprint density at radius 3 is 2.47 bits per heavy atom. The predicted octanol–water partition coefficient (Wildman–Crippen LogP) is 4.08. The SMILES string of the molecule is CNC(=O)C1(CC2CCNCC2)CCN(Cc2cc(-c3ccccc3)ccc2OC)CC1. The fraction of sp³-hybridized carbons (Fsp3) is 0.519. The molecule has 32 heavy (non-hydrogen) atoms. The molecule has 0 bridgehead atoms. The first kappa shape index (κ1) is 22.8. The quantitative estimate of drug-likeness (QED) is 0.688. The van der Waals surface area contributed by atoms with Crippen LogP contribution in [0.15, 0.2) is 48.5 Å². The van der Waals surface area contributed by atoms with Gasteiger partial charge in [0.15, 0.2) is 0 Å². The highest BCUT2D eigenvalue weighted by atomic mass is 16.5. The van der Waals surface area contributed by atoms with E-state index in [0.717, 1.165) is 57.7 Å². The van der Waals surface area contributed by atoms with Crippen molar-refractivity contribution >= 4 is 5.91 Å².